The highest BCUT2D eigenvalue weighted by Gasteiger charge is 2.69. The largest absolute Gasteiger partial charge is 0.435 e. The lowest BCUT2D eigenvalue weighted by Gasteiger charge is -2.30. The number of hydrogen-bond donors (Lipinski definition) is 1. The predicted molar refractivity (Wildman–Crippen MR) is 166 cm³/mol. The van der Waals surface area contributed by atoms with Crippen LogP contribution in [0.5, 0.6) is 0 Å². The maximum absolute atomic E-state index is 14.0. The Morgan fingerprint density at radius 1 is 0.655 bits per heavy atom. The van der Waals surface area contributed by atoms with Gasteiger partial charge in [0.2, 0.25) is 0 Å². The molecule has 5 aliphatic carbocycles. The molecule has 21 heteroatoms. The van der Waals surface area contributed by atoms with Gasteiger partial charge in [-0.3, -0.25) is 14.5 Å². The highest BCUT2D eigenvalue weighted by Crippen LogP contribution is 2.69. The van der Waals surface area contributed by atoms with E-state index in [-0.39, 0.29) is 17.5 Å². The van der Waals surface area contributed by atoms with E-state index in [0.717, 1.165) is 10.6 Å². The van der Waals surface area contributed by atoms with Gasteiger partial charge in [-0.25, -0.2) is 26.3 Å². The Hall–Kier alpha value is -3.42. The maximum Gasteiger partial charge on any atom is 0.435 e. The lowest BCUT2D eigenvalue weighted by atomic mass is 9.89. The van der Waals surface area contributed by atoms with Gasteiger partial charge in [-0.05, 0) is 58.3 Å². The van der Waals surface area contributed by atoms with Crippen molar-refractivity contribution in [3.05, 3.63) is 50.9 Å². The molecule has 4 atom stereocenters. The molecule has 0 aromatic carbocycles. The van der Waals surface area contributed by atoms with Crippen molar-refractivity contribution in [3.8, 4) is 0 Å². The summed E-state index contributed by atoms with van der Waals surface area (Å²) >= 11 is 0. The van der Waals surface area contributed by atoms with Crippen LogP contribution in [0.2, 0.25) is 0 Å². The van der Waals surface area contributed by atoms with E-state index in [1.54, 1.807) is 13.8 Å². The second-order valence-corrected chi connectivity index (χ2v) is 15.6. The van der Waals surface area contributed by atoms with Crippen LogP contribution in [0.4, 0.5) is 65.9 Å². The summed E-state index contributed by atoms with van der Waals surface area (Å²) in [7, 11) is 0. The minimum Gasteiger partial charge on any atom is -0.276 e. The Morgan fingerprint density at radius 2 is 1.13 bits per heavy atom. The number of H-pyrrole nitrogens is 1. The van der Waals surface area contributed by atoms with Gasteiger partial charge in [0.15, 0.2) is 5.69 Å². The molecule has 55 heavy (non-hydrogen) atoms. The van der Waals surface area contributed by atoms with Crippen molar-refractivity contribution >= 4 is 0 Å². The number of halogens is 15. The van der Waals surface area contributed by atoms with Gasteiger partial charge in [0.1, 0.15) is 28.5 Å². The number of nitrogens with one attached hydrogen (secondary N) is 1. The zero-order chi connectivity index (χ0) is 41.7. The van der Waals surface area contributed by atoms with Gasteiger partial charge in [-0.1, -0.05) is 20.8 Å². The van der Waals surface area contributed by atoms with Gasteiger partial charge in [0.05, 0.1) is 5.56 Å². The summed E-state index contributed by atoms with van der Waals surface area (Å²) in [6.07, 6.45) is -12.5. The van der Waals surface area contributed by atoms with Crippen LogP contribution in [0.1, 0.15) is 162 Å². The van der Waals surface area contributed by atoms with Gasteiger partial charge >= 0.3 is 6.18 Å². The van der Waals surface area contributed by atoms with Crippen molar-refractivity contribution in [2.24, 2.45) is 17.8 Å². The maximum atomic E-state index is 14.0. The molecule has 0 unspecified atom stereocenters. The minimum absolute atomic E-state index is 0.0648. The molecule has 0 saturated heterocycles. The van der Waals surface area contributed by atoms with Crippen molar-refractivity contribution in [1.29, 1.82) is 0 Å². The Bertz CT molecular complexity index is 1820. The minimum atomic E-state index is -4.67. The second-order valence-electron chi connectivity index (χ2n) is 15.6. The van der Waals surface area contributed by atoms with Crippen molar-refractivity contribution < 1.29 is 65.9 Å². The molecular formula is C34H39F15N6. The fraction of sp³-hybridized carbons (Fsp3) is 0.735. The summed E-state index contributed by atoms with van der Waals surface area (Å²) in [6.45, 7) is 12.4. The Kier molecular flexibility index (Phi) is 10.8. The first kappa shape index (κ1) is 42.7. The number of fused-ring (bicyclic) bond motifs is 7. The van der Waals surface area contributed by atoms with E-state index in [2.05, 4.69) is 36.1 Å². The van der Waals surface area contributed by atoms with E-state index >= 15 is 0 Å². The normalized spacial score (nSPS) is 25.3. The zero-order valence-corrected chi connectivity index (χ0v) is 30.4. The third-order valence-corrected chi connectivity index (χ3v) is 9.74. The lowest BCUT2D eigenvalue weighted by Crippen LogP contribution is -2.33. The molecule has 2 fully saturated rings. The van der Waals surface area contributed by atoms with Crippen LogP contribution in [-0.2, 0) is 29.9 Å². The topological polar surface area (TPSA) is 64.3 Å². The van der Waals surface area contributed by atoms with Crippen molar-refractivity contribution in [2.45, 2.75) is 141 Å². The van der Waals surface area contributed by atoms with Crippen LogP contribution in [0.25, 0.3) is 0 Å². The lowest BCUT2D eigenvalue weighted by molar-refractivity contribution is -0.142. The number of nitrogens with zero attached hydrogens (tertiary/aromatic N) is 5. The van der Waals surface area contributed by atoms with E-state index in [1.165, 1.54) is 13.8 Å². The average molecular weight is 817 g/mol. The van der Waals surface area contributed by atoms with Gasteiger partial charge < -0.3 is 0 Å². The Morgan fingerprint density at radius 3 is 1.60 bits per heavy atom. The summed E-state index contributed by atoms with van der Waals surface area (Å²) in [4.78, 5) is 0. The molecule has 0 aliphatic heterocycles. The molecule has 0 spiro atoms. The van der Waals surface area contributed by atoms with Crippen LogP contribution in [0.3, 0.4) is 0 Å². The van der Waals surface area contributed by atoms with Gasteiger partial charge in [-0.15, -0.1) is 0 Å². The summed E-state index contributed by atoms with van der Waals surface area (Å²) in [5.41, 5.74) is -6.36. The average Bonchev–Trinajstić information content (AvgIpc) is 3.76. The summed E-state index contributed by atoms with van der Waals surface area (Å²) in [5.74, 6) is -15.4. The van der Waals surface area contributed by atoms with Crippen LogP contribution in [0.15, 0.2) is 0 Å². The molecule has 3 aromatic rings. The molecule has 0 bridgehead atoms. The molecule has 1 N–H and O–H groups in total. The highest BCUT2D eigenvalue weighted by atomic mass is 19.4. The van der Waals surface area contributed by atoms with Crippen LogP contribution in [-0.4, -0.2) is 29.8 Å². The van der Waals surface area contributed by atoms with Crippen molar-refractivity contribution in [3.63, 3.8) is 0 Å². The first-order valence-corrected chi connectivity index (χ1v) is 17.5. The van der Waals surface area contributed by atoms with Crippen molar-refractivity contribution in [2.75, 3.05) is 0 Å². The Labute approximate surface area is 305 Å². The quantitative estimate of drug-likeness (QED) is 0.267. The smallest absolute Gasteiger partial charge is 0.276 e. The van der Waals surface area contributed by atoms with E-state index in [0.29, 0.717) is 11.1 Å². The molecule has 310 valence electrons. The molecule has 3 heterocycles. The first-order chi connectivity index (χ1) is 25.0. The number of alkyl halides is 15. The van der Waals surface area contributed by atoms with Crippen LogP contribution < -0.4 is 0 Å². The van der Waals surface area contributed by atoms with E-state index < -0.39 is 131 Å². The monoisotopic (exact) mass is 816 g/mol. The molecule has 2 saturated carbocycles. The molecular weight excluding hydrogens is 777 g/mol. The molecule has 3 aromatic heterocycles. The zero-order valence-electron chi connectivity index (χ0n) is 30.4. The number of aromatic nitrogens is 6. The predicted octanol–water partition coefficient (Wildman–Crippen LogP) is 12.3. The summed E-state index contributed by atoms with van der Waals surface area (Å²) in [6, 6.07) is -1.22. The van der Waals surface area contributed by atoms with Gasteiger partial charge in [0.25, 0.3) is 36.5 Å². The number of aromatic amines is 1. The van der Waals surface area contributed by atoms with Crippen LogP contribution in [0, 0.1) is 17.8 Å². The van der Waals surface area contributed by atoms with E-state index in [4.69, 9.17) is 0 Å². The van der Waals surface area contributed by atoms with Gasteiger partial charge in [0, 0.05) is 47.9 Å². The number of hydrogen-bond acceptors (Lipinski definition) is 3. The molecule has 5 aliphatic rings. The van der Waals surface area contributed by atoms with Crippen molar-refractivity contribution in [1.82, 2.24) is 29.8 Å². The molecule has 0 radical (unpaired) electrons. The first-order valence-electron chi connectivity index (χ1n) is 17.5. The SMILES string of the molecule is CC(C)C.CC(C)n1nc(C(F)(F)F)c2c1C(F)(F)[C@@H]1C[C@H]21.CC(C)n1nc(C(F)F)c2c1C(F)(F)CCC2(F)F.FC(F)c1[nH]nc2c1[C@H]1C[C@H]1C2(F)F. The third-order valence-electron chi connectivity index (χ3n) is 9.74. The second kappa shape index (κ2) is 13.9. The van der Waals surface area contributed by atoms with Crippen LogP contribution >= 0.6 is 0 Å². The Balaban J connectivity index is 0.000000152. The number of rotatable bonds is 4. The van der Waals surface area contributed by atoms with Gasteiger partial charge in [-0.2, -0.15) is 54.8 Å². The molecule has 6 nitrogen and oxygen atoms in total. The highest BCUT2D eigenvalue weighted by molar-refractivity contribution is 5.47. The fourth-order valence-electron chi connectivity index (χ4n) is 7.30. The third kappa shape index (κ3) is 7.45. The molecule has 8 rings (SSSR count). The van der Waals surface area contributed by atoms with E-state index in [9.17, 15) is 65.9 Å². The molecule has 0 amide bonds. The van der Waals surface area contributed by atoms with E-state index in [1.807, 2.05) is 5.10 Å². The fourth-order valence-corrected chi connectivity index (χ4v) is 7.30. The standard InChI is InChI=1S/C11H12F6N2.C11H11F5N2.C8H6F4N2.C4H10/c1-5(2)19-8-6(7(18-19)9(12)13)10(14,15)3-4-11(8,16)17;1-4(2)18-9-7(8(17-18)11(14,15)16)5-3-6(5)10(9,12)13;9-7(10)5-4-2-1-3(2)8(11,12)6(4)14-13-5;1-4(2)3/h5,9H,3-4H2,1-2H3;4-6H,3H2,1-2H3;2-3,7H,1H2,(H,13,14);4H,1-3H3/t;5-,6+;2-,3+;/m.00./s1. The summed E-state index contributed by atoms with van der Waals surface area (Å²) < 4.78 is 200. The summed E-state index contributed by atoms with van der Waals surface area (Å²) in [5, 5.41) is 12.0.